The van der Waals surface area contributed by atoms with Crippen molar-refractivity contribution >= 4 is 46.0 Å². The molecule has 24 N–H and O–H groups in total. The molecule has 0 radical (unpaired) electrons. The molecule has 0 aromatic heterocycles. The van der Waals surface area contributed by atoms with Gasteiger partial charge in [-0.1, -0.05) is 0 Å². The Labute approximate surface area is 536 Å². The summed E-state index contributed by atoms with van der Waals surface area (Å²) in [5.74, 6) is -14.6. The molecule has 45 heteroatoms. The number of aliphatic hydroxyl groups is 17. The summed E-state index contributed by atoms with van der Waals surface area (Å²) in [5.41, 5.74) is 0. The Kier molecular flexibility index (Phi) is 27.8. The Hall–Kier alpha value is -4.43. The molecule has 32 atom stereocenters. The van der Waals surface area contributed by atoms with Crippen LogP contribution >= 0.6 is 0 Å². The van der Waals surface area contributed by atoms with E-state index >= 15 is 0 Å². The summed E-state index contributed by atoms with van der Waals surface area (Å²) in [5, 5.41) is 217. The molecule has 548 valence electrons. The molecule has 0 aromatic carbocycles. The molecular weight excluding hydrogens is 1330 g/mol. The first-order chi connectivity index (χ1) is 44.3. The number of carbonyl (C=O) groups excluding carboxylic acids is 4. The first-order valence-electron chi connectivity index (χ1n) is 29.0. The number of ether oxygens (including phenoxy) is 11. The fraction of sp³-hybridized carbons (Fsp3) is 0.880. The smallest absolute Gasteiger partial charge is 0.397 e. The molecule has 44 nitrogen and oxygen atoms in total. The normalized spacial score (nSPS) is 42.3. The van der Waals surface area contributed by atoms with E-state index in [1.54, 1.807) is 0 Å². The monoisotopic (exact) mass is 1410 g/mol. The highest BCUT2D eigenvalue weighted by molar-refractivity contribution is 7.80. The number of rotatable bonds is 28. The second kappa shape index (κ2) is 33.2. The fourth-order valence-corrected chi connectivity index (χ4v) is 11.9. The van der Waals surface area contributed by atoms with Gasteiger partial charge in [0.2, 0.25) is 23.6 Å². The number of carboxylic acid groups (broad SMARTS) is 2. The summed E-state index contributed by atoms with van der Waals surface area (Å²) in [6.45, 7) is -3.68. The van der Waals surface area contributed by atoms with Crippen LogP contribution in [0.15, 0.2) is 0 Å². The van der Waals surface area contributed by atoms with Gasteiger partial charge in [-0.3, -0.25) is 23.7 Å². The van der Waals surface area contributed by atoms with Crippen molar-refractivity contribution < 1.29 is 195 Å². The third kappa shape index (κ3) is 18.5. The summed E-state index contributed by atoms with van der Waals surface area (Å²) in [7, 11) is -5.50. The van der Waals surface area contributed by atoms with Gasteiger partial charge >= 0.3 is 22.3 Å². The Balaban J connectivity index is 1.28. The number of nitrogens with one attached hydrogen (secondary N) is 4. The summed E-state index contributed by atoms with van der Waals surface area (Å²) < 4.78 is 101. The minimum absolute atomic E-state index is 0.867. The molecule has 0 aliphatic carbocycles. The van der Waals surface area contributed by atoms with Crippen LogP contribution in [0.5, 0.6) is 0 Å². The van der Waals surface area contributed by atoms with E-state index in [0.29, 0.717) is 0 Å². The second-order valence-electron chi connectivity index (χ2n) is 23.1. The van der Waals surface area contributed by atoms with Crippen molar-refractivity contribution in [2.45, 2.75) is 236 Å². The maximum absolute atomic E-state index is 13.1. The fourth-order valence-electron chi connectivity index (χ4n) is 11.6. The maximum atomic E-state index is 13.1. The number of amides is 4. The third-order valence-electron chi connectivity index (χ3n) is 16.2. The SMILES string of the molecule is CC(=O)N[C@H]1[C@H](OC[C@H]2OC(O)[C@H](NC(C)=O)[C@@H](O[C@@H]3O[C@H](CO)[C@H](O)[C@H](O[C@]4(C(=O)O)C[C@H](O)[C@@H](NC(C)=O)[C@H]([C@H](O)[C@H](O)CO)O4)[C@H]3O)[C@H]2O)O[C@H](COS(=O)(=O)O)[C@@H](O[C@@H]2O[C@H](CO)[C@H](O)[C@H](O[C@]3(C(=O)O)C[C@H](O)[C@@H](NC(C)=O)[C@H]([C@H](O)[C@H](O)CO)O3)[C@H]2O)[C@@H]1O. The number of aliphatic carboxylic acids is 2. The summed E-state index contributed by atoms with van der Waals surface area (Å²) in [6.07, 6.45) is -60.8. The zero-order chi connectivity index (χ0) is 71.3. The molecule has 6 aliphatic rings. The van der Waals surface area contributed by atoms with Gasteiger partial charge in [-0.2, -0.15) is 8.42 Å². The molecule has 6 saturated heterocycles. The third-order valence-corrected chi connectivity index (χ3v) is 16.6. The standard InChI is InChI=1S/C50H82N4O40S/c1-13(59)51-25-17(63)5-49(47(76)77,91-39(25)29(67)19(65)7-55)93-41-31(69)21(9-57)86-45(35(41)73)89-37-24(12-84-95(80,81)82)88-44(27(34(37)72)53-15(3)61)83-11-23-33(71)38(28(43(75)85-23)54-16(4)62)90-46-36(74)42(32(70)22(10-58)87-46)94-50(48(78)79)6-18(64)26(52-14(2)60)40(92-50)30(68)20(66)8-56/h17-46,55-58,63-75H,5-12H2,1-4H3,(H,51,59)(H,52,60)(H,53,61)(H,54,62)(H,76,77)(H,78,79)(H,80,81,82)/t17-,18-,19+,20+,21+,22+,23+,24+,25+,26+,27+,28+,29+,30+,31-,32-,33-,34+,35+,36+,37+,38+,39+,40+,41-,42-,43?,44+,45-,46-,49-,50-/m0/s1. The highest BCUT2D eigenvalue weighted by atomic mass is 32.3. The lowest BCUT2D eigenvalue weighted by Gasteiger charge is -2.51. The molecule has 6 fully saturated rings. The molecule has 6 heterocycles. The van der Waals surface area contributed by atoms with Gasteiger partial charge in [-0.15, -0.1) is 0 Å². The van der Waals surface area contributed by atoms with Crippen LogP contribution in [0.4, 0.5) is 0 Å². The number of aliphatic hydroxyl groups excluding tert-OH is 17. The largest absolute Gasteiger partial charge is 0.477 e. The number of hydrogen-bond acceptors (Lipinski definition) is 37. The number of carboxylic acids is 2. The van der Waals surface area contributed by atoms with Crippen LogP contribution in [0.25, 0.3) is 0 Å². The van der Waals surface area contributed by atoms with Crippen molar-refractivity contribution in [3.8, 4) is 0 Å². The molecular formula is C50H82N4O40S. The van der Waals surface area contributed by atoms with Gasteiger partial charge in [0.15, 0.2) is 25.2 Å². The zero-order valence-corrected chi connectivity index (χ0v) is 51.3. The quantitative estimate of drug-likeness (QED) is 0.0324. The second-order valence-corrected chi connectivity index (χ2v) is 24.2. The van der Waals surface area contributed by atoms with E-state index in [0.717, 1.165) is 27.7 Å². The van der Waals surface area contributed by atoms with Gasteiger partial charge in [-0.25, -0.2) is 13.8 Å². The van der Waals surface area contributed by atoms with E-state index in [-0.39, 0.29) is 0 Å². The lowest BCUT2D eigenvalue weighted by atomic mass is 9.88. The van der Waals surface area contributed by atoms with Gasteiger partial charge in [0.25, 0.3) is 11.6 Å². The molecule has 1 unspecified atom stereocenters. The molecule has 95 heavy (non-hydrogen) atoms. The van der Waals surface area contributed by atoms with Gasteiger partial charge in [0, 0.05) is 40.5 Å². The summed E-state index contributed by atoms with van der Waals surface area (Å²) in [4.78, 5) is 75.8. The Bertz CT molecular complexity index is 2710. The Morgan fingerprint density at radius 1 is 0.484 bits per heavy atom. The molecule has 0 bridgehead atoms. The van der Waals surface area contributed by atoms with E-state index in [1.165, 1.54) is 0 Å². The van der Waals surface area contributed by atoms with E-state index < -0.39 is 294 Å². The van der Waals surface area contributed by atoms with Crippen LogP contribution in [-0.4, -0.2) is 380 Å². The lowest BCUT2D eigenvalue weighted by molar-refractivity contribution is -0.384. The van der Waals surface area contributed by atoms with Crippen LogP contribution in [-0.2, 0) is 95.5 Å². The van der Waals surface area contributed by atoms with Crippen LogP contribution in [0, 0.1) is 0 Å². The van der Waals surface area contributed by atoms with E-state index in [4.69, 9.17) is 52.1 Å². The van der Waals surface area contributed by atoms with E-state index in [9.17, 15) is 139 Å². The minimum Gasteiger partial charge on any atom is -0.477 e. The highest BCUT2D eigenvalue weighted by Gasteiger charge is 2.63. The molecule has 0 aromatic rings. The van der Waals surface area contributed by atoms with Gasteiger partial charge in [0.1, 0.15) is 134 Å². The van der Waals surface area contributed by atoms with E-state index in [2.05, 4.69) is 25.5 Å². The Morgan fingerprint density at radius 2 is 0.863 bits per heavy atom. The molecule has 0 spiro atoms. The maximum Gasteiger partial charge on any atom is 0.397 e. The lowest BCUT2D eigenvalue weighted by Crippen LogP contribution is -2.71. The van der Waals surface area contributed by atoms with Crippen LogP contribution in [0.1, 0.15) is 40.5 Å². The van der Waals surface area contributed by atoms with Crippen molar-refractivity contribution in [3.63, 3.8) is 0 Å². The zero-order valence-electron chi connectivity index (χ0n) is 50.5. The Morgan fingerprint density at radius 3 is 1.24 bits per heavy atom. The van der Waals surface area contributed by atoms with Crippen molar-refractivity contribution in [2.75, 3.05) is 39.6 Å². The topological polar surface area (TPSA) is 700 Å². The van der Waals surface area contributed by atoms with Crippen molar-refractivity contribution in [2.24, 2.45) is 0 Å². The molecule has 4 amide bonds. The van der Waals surface area contributed by atoms with Crippen LogP contribution < -0.4 is 21.3 Å². The van der Waals surface area contributed by atoms with Gasteiger partial charge in [0.05, 0.1) is 63.9 Å². The van der Waals surface area contributed by atoms with E-state index in [1.807, 2.05) is 0 Å². The van der Waals surface area contributed by atoms with Crippen molar-refractivity contribution in [1.82, 2.24) is 21.3 Å². The minimum atomic E-state index is -5.50. The highest BCUT2D eigenvalue weighted by Crippen LogP contribution is 2.41. The predicted octanol–water partition coefficient (Wildman–Crippen LogP) is -15.3. The molecule has 6 rings (SSSR count). The van der Waals surface area contributed by atoms with Crippen molar-refractivity contribution in [3.05, 3.63) is 0 Å². The van der Waals surface area contributed by atoms with Crippen LogP contribution in [0.3, 0.4) is 0 Å². The predicted molar refractivity (Wildman–Crippen MR) is 290 cm³/mol. The number of hydrogen-bond donors (Lipinski definition) is 24. The summed E-state index contributed by atoms with van der Waals surface area (Å²) >= 11 is 0. The van der Waals surface area contributed by atoms with Crippen molar-refractivity contribution in [1.29, 1.82) is 0 Å². The van der Waals surface area contributed by atoms with Gasteiger partial charge < -0.3 is 170 Å². The molecule has 0 saturated carbocycles. The summed E-state index contributed by atoms with van der Waals surface area (Å²) in [6, 6.07) is -7.40. The van der Waals surface area contributed by atoms with Crippen LogP contribution in [0.2, 0.25) is 0 Å². The average molecular weight is 1410 g/mol. The first-order valence-corrected chi connectivity index (χ1v) is 30.4. The number of carbonyl (C=O) groups is 6. The average Bonchev–Trinajstić information content (AvgIpc) is 0.764. The first kappa shape index (κ1) is 79.6. The molecule has 6 aliphatic heterocycles. The van der Waals surface area contributed by atoms with Gasteiger partial charge in [-0.05, 0) is 0 Å².